The van der Waals surface area contributed by atoms with E-state index < -0.39 is 0 Å². The summed E-state index contributed by atoms with van der Waals surface area (Å²) in [5, 5.41) is 3.56. The molecule has 3 N–H and O–H groups in total. The Labute approximate surface area is 191 Å². The Bertz CT molecular complexity index is 940. The van der Waals surface area contributed by atoms with E-state index in [-0.39, 0.29) is 23.8 Å². The van der Waals surface area contributed by atoms with Crippen LogP contribution in [0.4, 0.5) is 5.69 Å². The van der Waals surface area contributed by atoms with E-state index in [9.17, 15) is 9.59 Å². The Hall–Kier alpha value is -2.66. The highest BCUT2D eigenvalue weighted by atomic mass is 16.2. The fourth-order valence-corrected chi connectivity index (χ4v) is 5.22. The molecule has 0 unspecified atom stereocenters. The minimum Gasteiger partial charge on any atom is -0.369 e. The number of carbonyl (C=O) groups is 2. The van der Waals surface area contributed by atoms with Crippen LogP contribution in [0.1, 0.15) is 55.2 Å². The highest BCUT2D eigenvalue weighted by molar-refractivity contribution is 5.98. The van der Waals surface area contributed by atoms with Gasteiger partial charge in [-0.05, 0) is 68.7 Å². The van der Waals surface area contributed by atoms with Gasteiger partial charge in [-0.2, -0.15) is 0 Å². The largest absolute Gasteiger partial charge is 0.369 e. The summed E-state index contributed by atoms with van der Waals surface area (Å²) in [6.07, 6.45) is 6.70. The first kappa shape index (κ1) is 22.5. The summed E-state index contributed by atoms with van der Waals surface area (Å²) >= 11 is 0. The molecule has 0 saturated heterocycles. The van der Waals surface area contributed by atoms with Gasteiger partial charge >= 0.3 is 0 Å². The number of aryl methyl sites for hydroxylation is 2. The number of hydrogen-bond donors (Lipinski definition) is 2. The molecule has 3 atom stereocenters. The summed E-state index contributed by atoms with van der Waals surface area (Å²) in [4.78, 5) is 27.1. The molecule has 0 radical (unpaired) electrons. The third kappa shape index (κ3) is 5.39. The van der Waals surface area contributed by atoms with Crippen molar-refractivity contribution in [2.45, 2.75) is 64.5 Å². The number of hydrogen-bond acceptors (Lipinski definition) is 3. The number of primary amides is 1. The molecule has 4 rings (SSSR count). The summed E-state index contributed by atoms with van der Waals surface area (Å²) < 4.78 is 0. The molecule has 1 saturated carbocycles. The number of nitrogens with zero attached hydrogens (tertiary/aromatic N) is 1. The predicted octanol–water partition coefficient (Wildman–Crippen LogP) is 4.11. The third-order valence-electron chi connectivity index (χ3n) is 7.14. The number of amides is 2. The van der Waals surface area contributed by atoms with Crippen LogP contribution in [0.3, 0.4) is 0 Å². The highest BCUT2D eigenvalue weighted by Crippen LogP contribution is 2.31. The van der Waals surface area contributed by atoms with E-state index in [1.54, 1.807) is 0 Å². The van der Waals surface area contributed by atoms with E-state index >= 15 is 0 Å². The van der Waals surface area contributed by atoms with Gasteiger partial charge in [-0.25, -0.2) is 0 Å². The van der Waals surface area contributed by atoms with Crippen LogP contribution in [-0.4, -0.2) is 24.4 Å². The molecule has 2 aromatic carbocycles. The minimum atomic E-state index is -0.191. The third-order valence-corrected chi connectivity index (χ3v) is 7.14. The lowest BCUT2D eigenvalue weighted by Crippen LogP contribution is -2.46. The van der Waals surface area contributed by atoms with Crippen molar-refractivity contribution >= 4 is 17.5 Å². The first-order valence-corrected chi connectivity index (χ1v) is 12.0. The van der Waals surface area contributed by atoms with Gasteiger partial charge in [0.2, 0.25) is 11.8 Å². The van der Waals surface area contributed by atoms with Crippen molar-refractivity contribution in [3.8, 4) is 0 Å². The molecule has 0 aromatic heterocycles. The molecular formula is C27H35N3O2. The minimum absolute atomic E-state index is 0.0211. The van der Waals surface area contributed by atoms with Gasteiger partial charge in [0.25, 0.3) is 0 Å². The van der Waals surface area contributed by atoms with Gasteiger partial charge in [-0.3, -0.25) is 9.59 Å². The molecule has 1 aliphatic carbocycles. The standard InChI is InChI=1S/C27H35N3O2/c1-19-9-11-21(12-10-19)18-30-25-8-3-2-6-22(25)13-14-24(27(30)32)29-16-15-20-5-4-7-23(17-20)26(28)31/h2-3,6,8-12,20,23-24,29H,4-5,7,13-18H2,1H3,(H2,28,31)/t20-,23+,24+/m1/s1. The topological polar surface area (TPSA) is 75.4 Å². The second-order valence-corrected chi connectivity index (χ2v) is 9.50. The molecule has 1 fully saturated rings. The van der Waals surface area contributed by atoms with Crippen LogP contribution in [0.2, 0.25) is 0 Å². The van der Waals surface area contributed by atoms with Crippen LogP contribution in [0, 0.1) is 18.8 Å². The van der Waals surface area contributed by atoms with Crippen LogP contribution in [-0.2, 0) is 22.6 Å². The molecular weight excluding hydrogens is 398 g/mol. The van der Waals surface area contributed by atoms with E-state index in [0.29, 0.717) is 12.5 Å². The average molecular weight is 434 g/mol. The Morgan fingerprint density at radius 2 is 1.88 bits per heavy atom. The van der Waals surface area contributed by atoms with E-state index in [1.807, 2.05) is 11.0 Å². The Morgan fingerprint density at radius 3 is 2.66 bits per heavy atom. The van der Waals surface area contributed by atoms with Gasteiger partial charge in [-0.1, -0.05) is 60.9 Å². The monoisotopic (exact) mass is 433 g/mol. The second-order valence-electron chi connectivity index (χ2n) is 9.50. The molecule has 5 heteroatoms. The maximum absolute atomic E-state index is 13.6. The van der Waals surface area contributed by atoms with Crippen LogP contribution < -0.4 is 16.0 Å². The highest BCUT2D eigenvalue weighted by Gasteiger charge is 2.31. The van der Waals surface area contributed by atoms with Gasteiger partial charge in [0.1, 0.15) is 0 Å². The van der Waals surface area contributed by atoms with Crippen molar-refractivity contribution < 1.29 is 9.59 Å². The van der Waals surface area contributed by atoms with E-state index in [2.05, 4.69) is 54.7 Å². The fraction of sp³-hybridized carbons (Fsp3) is 0.481. The molecule has 2 aromatic rings. The zero-order valence-electron chi connectivity index (χ0n) is 19.1. The van der Waals surface area contributed by atoms with Gasteiger partial charge in [0, 0.05) is 11.6 Å². The number of fused-ring (bicyclic) bond motifs is 1. The number of benzene rings is 2. The van der Waals surface area contributed by atoms with Crippen molar-refractivity contribution in [3.05, 3.63) is 65.2 Å². The summed E-state index contributed by atoms with van der Waals surface area (Å²) in [5.41, 5.74) is 10.1. The van der Waals surface area contributed by atoms with Crippen molar-refractivity contribution in [1.82, 2.24) is 5.32 Å². The van der Waals surface area contributed by atoms with E-state index in [0.717, 1.165) is 62.7 Å². The lowest BCUT2D eigenvalue weighted by molar-refractivity contribution is -0.123. The molecule has 5 nitrogen and oxygen atoms in total. The number of nitrogens with one attached hydrogen (secondary N) is 1. The predicted molar refractivity (Wildman–Crippen MR) is 128 cm³/mol. The summed E-state index contributed by atoms with van der Waals surface area (Å²) in [6.45, 7) is 3.45. The lowest BCUT2D eigenvalue weighted by Gasteiger charge is -2.29. The number of para-hydroxylation sites is 1. The van der Waals surface area contributed by atoms with Crippen LogP contribution in [0.25, 0.3) is 0 Å². The smallest absolute Gasteiger partial charge is 0.244 e. The number of nitrogens with two attached hydrogens (primary N) is 1. The molecule has 2 aliphatic rings. The number of carbonyl (C=O) groups excluding carboxylic acids is 2. The molecule has 0 spiro atoms. The maximum atomic E-state index is 13.6. The summed E-state index contributed by atoms with van der Waals surface area (Å²) in [7, 11) is 0. The summed E-state index contributed by atoms with van der Waals surface area (Å²) in [6, 6.07) is 16.5. The SMILES string of the molecule is Cc1ccc(CN2C(=O)[C@@H](NCC[C@H]3CCC[C@H](C(N)=O)C3)CCc3ccccc32)cc1. The quantitative estimate of drug-likeness (QED) is 0.690. The van der Waals surface area contributed by atoms with Crippen molar-refractivity contribution in [2.75, 3.05) is 11.4 Å². The van der Waals surface area contributed by atoms with Gasteiger partial charge in [0.05, 0.1) is 12.6 Å². The van der Waals surface area contributed by atoms with Crippen LogP contribution in [0.15, 0.2) is 48.5 Å². The molecule has 32 heavy (non-hydrogen) atoms. The van der Waals surface area contributed by atoms with Crippen molar-refractivity contribution in [2.24, 2.45) is 17.6 Å². The van der Waals surface area contributed by atoms with Gasteiger partial charge < -0.3 is 16.0 Å². The van der Waals surface area contributed by atoms with Gasteiger partial charge in [0.15, 0.2) is 0 Å². The van der Waals surface area contributed by atoms with Crippen LogP contribution >= 0.6 is 0 Å². The molecule has 1 aliphatic heterocycles. The molecule has 1 heterocycles. The Morgan fingerprint density at radius 1 is 1.09 bits per heavy atom. The Balaban J connectivity index is 1.43. The Kier molecular flexibility index (Phi) is 7.26. The lowest BCUT2D eigenvalue weighted by atomic mass is 9.79. The number of anilines is 1. The fourth-order valence-electron chi connectivity index (χ4n) is 5.22. The average Bonchev–Trinajstić information content (AvgIpc) is 2.93. The molecule has 0 bridgehead atoms. The second kappa shape index (κ2) is 10.3. The first-order chi connectivity index (χ1) is 15.5. The maximum Gasteiger partial charge on any atom is 0.244 e. The van der Waals surface area contributed by atoms with Gasteiger partial charge in [-0.15, -0.1) is 0 Å². The van der Waals surface area contributed by atoms with Crippen molar-refractivity contribution in [3.63, 3.8) is 0 Å². The molecule has 2 amide bonds. The van der Waals surface area contributed by atoms with Crippen molar-refractivity contribution in [1.29, 1.82) is 0 Å². The van der Waals surface area contributed by atoms with E-state index in [1.165, 1.54) is 11.1 Å². The normalized spacial score (nSPS) is 23.5. The first-order valence-electron chi connectivity index (χ1n) is 12.0. The van der Waals surface area contributed by atoms with E-state index in [4.69, 9.17) is 5.73 Å². The zero-order chi connectivity index (χ0) is 22.5. The molecule has 170 valence electrons. The zero-order valence-corrected chi connectivity index (χ0v) is 19.1. The summed E-state index contributed by atoms with van der Waals surface area (Å²) in [5.74, 6) is 0.517. The number of rotatable bonds is 7. The van der Waals surface area contributed by atoms with Crippen LogP contribution in [0.5, 0.6) is 0 Å².